The molecule has 1 heterocycles. The standard InChI is InChI=1S/C13H7F3N2O2/c14-13(15,16)10-6-9(4-3-8(10)7-17)18-12(19)11-2-1-5-20-11/h1-6H,(H,18,19). The van der Waals surface area contributed by atoms with Gasteiger partial charge in [-0.25, -0.2) is 0 Å². The Morgan fingerprint density at radius 2 is 2.05 bits per heavy atom. The predicted octanol–water partition coefficient (Wildman–Crippen LogP) is 3.42. The van der Waals surface area contributed by atoms with Crippen molar-refractivity contribution in [1.29, 1.82) is 5.26 Å². The third-order valence-corrected chi connectivity index (χ3v) is 2.45. The number of hydrogen-bond donors (Lipinski definition) is 1. The first kappa shape index (κ1) is 13.7. The zero-order valence-electron chi connectivity index (χ0n) is 9.86. The van der Waals surface area contributed by atoms with Crippen molar-refractivity contribution in [3.63, 3.8) is 0 Å². The Bertz CT molecular complexity index is 670. The van der Waals surface area contributed by atoms with Crippen molar-refractivity contribution in [3.8, 4) is 6.07 Å². The molecular formula is C13H7F3N2O2. The quantitative estimate of drug-likeness (QED) is 0.916. The summed E-state index contributed by atoms with van der Waals surface area (Å²) in [5.74, 6) is -0.698. The highest BCUT2D eigenvalue weighted by molar-refractivity contribution is 6.02. The normalized spacial score (nSPS) is 10.9. The maximum atomic E-state index is 12.7. The largest absolute Gasteiger partial charge is 0.459 e. The summed E-state index contributed by atoms with van der Waals surface area (Å²) in [4.78, 5) is 11.6. The van der Waals surface area contributed by atoms with E-state index in [9.17, 15) is 18.0 Å². The number of halogens is 3. The molecule has 0 radical (unpaired) electrons. The lowest BCUT2D eigenvalue weighted by Gasteiger charge is -2.11. The zero-order valence-corrected chi connectivity index (χ0v) is 9.86. The molecule has 0 unspecified atom stereocenters. The molecule has 1 aromatic carbocycles. The first-order chi connectivity index (χ1) is 9.41. The van der Waals surface area contributed by atoms with Crippen LogP contribution in [0.5, 0.6) is 0 Å². The summed E-state index contributed by atoms with van der Waals surface area (Å²) < 4.78 is 43.1. The second-order valence-electron chi connectivity index (χ2n) is 3.80. The number of alkyl halides is 3. The van der Waals surface area contributed by atoms with Crippen molar-refractivity contribution < 1.29 is 22.4 Å². The zero-order chi connectivity index (χ0) is 14.8. The number of amides is 1. The summed E-state index contributed by atoms with van der Waals surface area (Å²) in [7, 11) is 0. The summed E-state index contributed by atoms with van der Waals surface area (Å²) in [6, 6.07) is 7.24. The lowest BCUT2D eigenvalue weighted by molar-refractivity contribution is -0.137. The fourth-order valence-electron chi connectivity index (χ4n) is 1.55. The number of benzene rings is 1. The van der Waals surface area contributed by atoms with Crippen LogP contribution in [0.25, 0.3) is 0 Å². The number of anilines is 1. The number of nitrogens with one attached hydrogen (secondary N) is 1. The van der Waals surface area contributed by atoms with Crippen LogP contribution >= 0.6 is 0 Å². The van der Waals surface area contributed by atoms with Gasteiger partial charge in [-0.2, -0.15) is 18.4 Å². The van der Waals surface area contributed by atoms with Gasteiger partial charge in [0.25, 0.3) is 5.91 Å². The molecule has 0 bridgehead atoms. The van der Waals surface area contributed by atoms with Gasteiger partial charge in [0.2, 0.25) is 0 Å². The molecule has 1 aromatic heterocycles. The topological polar surface area (TPSA) is 66.0 Å². The molecule has 0 saturated carbocycles. The molecule has 0 spiro atoms. The lowest BCUT2D eigenvalue weighted by Crippen LogP contribution is -2.13. The van der Waals surface area contributed by atoms with Crippen molar-refractivity contribution in [2.75, 3.05) is 5.32 Å². The first-order valence-corrected chi connectivity index (χ1v) is 5.38. The molecule has 0 aliphatic heterocycles. The maximum absolute atomic E-state index is 12.7. The van der Waals surface area contributed by atoms with E-state index in [-0.39, 0.29) is 11.4 Å². The molecule has 0 aliphatic carbocycles. The number of hydrogen-bond acceptors (Lipinski definition) is 3. The van der Waals surface area contributed by atoms with E-state index < -0.39 is 23.2 Å². The van der Waals surface area contributed by atoms with Crippen molar-refractivity contribution in [2.24, 2.45) is 0 Å². The van der Waals surface area contributed by atoms with E-state index in [1.807, 2.05) is 0 Å². The van der Waals surface area contributed by atoms with E-state index >= 15 is 0 Å². The minimum Gasteiger partial charge on any atom is -0.459 e. The molecule has 1 amide bonds. The van der Waals surface area contributed by atoms with Gasteiger partial charge in [0.1, 0.15) is 0 Å². The highest BCUT2D eigenvalue weighted by Crippen LogP contribution is 2.33. The average molecular weight is 280 g/mol. The van der Waals surface area contributed by atoms with Gasteiger partial charge in [0.15, 0.2) is 5.76 Å². The summed E-state index contributed by atoms with van der Waals surface area (Å²) in [5, 5.41) is 10.9. The fourth-order valence-corrected chi connectivity index (χ4v) is 1.55. The van der Waals surface area contributed by atoms with E-state index in [2.05, 4.69) is 5.32 Å². The lowest BCUT2D eigenvalue weighted by atomic mass is 10.1. The predicted molar refractivity (Wildman–Crippen MR) is 62.8 cm³/mol. The Kier molecular flexibility index (Phi) is 3.48. The number of nitrogens with zero attached hydrogens (tertiary/aromatic N) is 1. The Labute approximate surface area is 111 Å². The minimum atomic E-state index is -4.67. The van der Waals surface area contributed by atoms with Crippen molar-refractivity contribution in [3.05, 3.63) is 53.5 Å². The molecule has 20 heavy (non-hydrogen) atoms. The highest BCUT2D eigenvalue weighted by Gasteiger charge is 2.34. The van der Waals surface area contributed by atoms with Crippen molar-refractivity contribution in [1.82, 2.24) is 0 Å². The van der Waals surface area contributed by atoms with E-state index in [1.165, 1.54) is 30.5 Å². The van der Waals surface area contributed by atoms with Crippen LogP contribution in [0, 0.1) is 11.3 Å². The molecule has 102 valence electrons. The van der Waals surface area contributed by atoms with Gasteiger partial charge in [-0.05, 0) is 30.3 Å². The molecule has 1 N–H and O–H groups in total. The molecule has 2 aromatic rings. The maximum Gasteiger partial charge on any atom is 0.417 e. The highest BCUT2D eigenvalue weighted by atomic mass is 19.4. The summed E-state index contributed by atoms with van der Waals surface area (Å²) in [6.45, 7) is 0. The Morgan fingerprint density at radius 3 is 2.60 bits per heavy atom. The number of furan rings is 1. The van der Waals surface area contributed by atoms with Gasteiger partial charge in [-0.3, -0.25) is 4.79 Å². The van der Waals surface area contributed by atoms with Crippen LogP contribution in [0.4, 0.5) is 18.9 Å². The van der Waals surface area contributed by atoms with Gasteiger partial charge in [0.05, 0.1) is 23.5 Å². The van der Waals surface area contributed by atoms with Crippen molar-refractivity contribution >= 4 is 11.6 Å². The van der Waals surface area contributed by atoms with E-state index in [0.29, 0.717) is 6.07 Å². The molecule has 7 heteroatoms. The monoisotopic (exact) mass is 280 g/mol. The molecule has 0 atom stereocenters. The Morgan fingerprint density at radius 1 is 1.30 bits per heavy atom. The van der Waals surface area contributed by atoms with Gasteiger partial charge in [-0.15, -0.1) is 0 Å². The van der Waals surface area contributed by atoms with E-state index in [1.54, 1.807) is 0 Å². The van der Waals surface area contributed by atoms with E-state index in [4.69, 9.17) is 9.68 Å². The number of carbonyl (C=O) groups excluding carboxylic acids is 1. The van der Waals surface area contributed by atoms with Gasteiger partial charge >= 0.3 is 6.18 Å². The average Bonchev–Trinajstić information content (AvgIpc) is 2.91. The molecule has 2 rings (SSSR count). The molecule has 0 aliphatic rings. The first-order valence-electron chi connectivity index (χ1n) is 5.38. The smallest absolute Gasteiger partial charge is 0.417 e. The molecule has 0 saturated heterocycles. The third-order valence-electron chi connectivity index (χ3n) is 2.45. The second kappa shape index (κ2) is 5.09. The second-order valence-corrected chi connectivity index (χ2v) is 3.80. The van der Waals surface area contributed by atoms with Crippen LogP contribution < -0.4 is 5.32 Å². The Balaban J connectivity index is 2.31. The van der Waals surface area contributed by atoms with Crippen LogP contribution in [0.1, 0.15) is 21.7 Å². The van der Waals surface area contributed by atoms with Crippen molar-refractivity contribution in [2.45, 2.75) is 6.18 Å². The number of rotatable bonds is 2. The summed E-state index contributed by atoms with van der Waals surface area (Å²) in [5.41, 5.74) is -1.68. The molecule has 4 nitrogen and oxygen atoms in total. The fraction of sp³-hybridized carbons (Fsp3) is 0.0769. The number of carbonyl (C=O) groups is 1. The molecular weight excluding hydrogens is 273 g/mol. The summed E-state index contributed by atoms with van der Waals surface area (Å²) >= 11 is 0. The van der Waals surface area contributed by atoms with Crippen LogP contribution in [0.15, 0.2) is 41.0 Å². The van der Waals surface area contributed by atoms with Gasteiger partial charge in [0, 0.05) is 5.69 Å². The third kappa shape index (κ3) is 2.80. The number of nitriles is 1. The minimum absolute atomic E-state index is 0.0251. The van der Waals surface area contributed by atoms with Gasteiger partial charge in [-0.1, -0.05) is 0 Å². The van der Waals surface area contributed by atoms with E-state index in [0.717, 1.165) is 6.07 Å². The molecule has 0 fully saturated rings. The summed E-state index contributed by atoms with van der Waals surface area (Å²) in [6.07, 6.45) is -3.40. The van der Waals surface area contributed by atoms with Crippen LogP contribution in [0.2, 0.25) is 0 Å². The van der Waals surface area contributed by atoms with Gasteiger partial charge < -0.3 is 9.73 Å². The van der Waals surface area contributed by atoms with Crippen LogP contribution in [-0.2, 0) is 6.18 Å². The van der Waals surface area contributed by atoms with Crippen LogP contribution in [0.3, 0.4) is 0 Å². The SMILES string of the molecule is N#Cc1ccc(NC(=O)c2ccco2)cc1C(F)(F)F. The Hall–Kier alpha value is -2.75. The van der Waals surface area contributed by atoms with Crippen LogP contribution in [-0.4, -0.2) is 5.91 Å².